The van der Waals surface area contributed by atoms with Crippen LogP contribution in [0, 0.1) is 6.92 Å². The monoisotopic (exact) mass is 229 g/mol. The van der Waals surface area contributed by atoms with Gasteiger partial charge in [0.2, 0.25) is 0 Å². The van der Waals surface area contributed by atoms with Crippen LogP contribution in [0.15, 0.2) is 12.1 Å². The van der Waals surface area contributed by atoms with Gasteiger partial charge in [-0.3, -0.25) is 4.79 Å². The van der Waals surface area contributed by atoms with E-state index in [-0.39, 0.29) is 11.6 Å². The van der Waals surface area contributed by atoms with Gasteiger partial charge in [-0.2, -0.15) is 0 Å². The third kappa shape index (κ3) is 3.18. The number of carbonyl (C=O) groups is 1. The number of aromatic nitrogens is 1. The maximum Gasteiger partial charge on any atom is 0.308 e. The van der Waals surface area contributed by atoms with Crippen LogP contribution in [0.25, 0.3) is 0 Å². The molecule has 1 aromatic rings. The van der Waals surface area contributed by atoms with Crippen molar-refractivity contribution in [1.82, 2.24) is 4.98 Å². The Morgan fingerprint density at radius 1 is 1.67 bits per heavy atom. The molecule has 82 valence electrons. The van der Waals surface area contributed by atoms with Gasteiger partial charge in [-0.1, -0.05) is 17.7 Å². The summed E-state index contributed by atoms with van der Waals surface area (Å²) in [6, 6.07) is 3.37. The molecule has 15 heavy (non-hydrogen) atoms. The fraction of sp³-hybridized carbons (Fsp3) is 0.400. The number of esters is 1. The van der Waals surface area contributed by atoms with Gasteiger partial charge in [-0.15, -0.1) is 0 Å². The van der Waals surface area contributed by atoms with Gasteiger partial charge in [-0.05, 0) is 13.0 Å². The van der Waals surface area contributed by atoms with Crippen LogP contribution < -0.4 is 0 Å². The molecular weight excluding hydrogens is 218 g/mol. The number of hydrogen-bond donors (Lipinski definition) is 1. The number of carbonyl (C=O) groups excluding carboxylic acids is 1. The topological polar surface area (TPSA) is 59.4 Å². The fourth-order valence-corrected chi connectivity index (χ4v) is 1.46. The maximum absolute atomic E-state index is 10.9. The molecule has 1 aromatic heterocycles. The number of nitrogens with zero attached hydrogens (tertiary/aromatic N) is 1. The first-order chi connectivity index (χ1) is 7.04. The third-order valence-corrected chi connectivity index (χ3v) is 2.27. The number of pyridine rings is 1. The van der Waals surface area contributed by atoms with Gasteiger partial charge < -0.3 is 9.84 Å². The number of hydrogen-bond acceptors (Lipinski definition) is 4. The highest BCUT2D eigenvalue weighted by Gasteiger charge is 2.16. The van der Waals surface area contributed by atoms with Gasteiger partial charge in [0, 0.05) is 11.3 Å². The zero-order valence-electron chi connectivity index (χ0n) is 8.53. The first-order valence-corrected chi connectivity index (χ1v) is 4.80. The lowest BCUT2D eigenvalue weighted by molar-refractivity contribution is -0.142. The Hall–Kier alpha value is -1.13. The number of methoxy groups -OCH3 is 1. The van der Waals surface area contributed by atoms with Crippen molar-refractivity contribution in [2.75, 3.05) is 7.11 Å². The lowest BCUT2D eigenvalue weighted by Gasteiger charge is -2.10. The fourth-order valence-electron chi connectivity index (χ4n) is 1.14. The zero-order chi connectivity index (χ0) is 11.4. The smallest absolute Gasteiger partial charge is 0.308 e. The summed E-state index contributed by atoms with van der Waals surface area (Å²) in [4.78, 5) is 14.9. The Morgan fingerprint density at radius 3 is 2.87 bits per heavy atom. The maximum atomic E-state index is 10.9. The lowest BCUT2D eigenvalue weighted by atomic mass is 10.1. The average molecular weight is 230 g/mol. The van der Waals surface area contributed by atoms with Crippen molar-refractivity contribution in [3.05, 3.63) is 28.5 Å². The van der Waals surface area contributed by atoms with E-state index in [0.29, 0.717) is 5.56 Å². The summed E-state index contributed by atoms with van der Waals surface area (Å²) in [5.41, 5.74) is 1.20. The van der Waals surface area contributed by atoms with Crippen LogP contribution in [0.2, 0.25) is 5.15 Å². The highest BCUT2D eigenvalue weighted by Crippen LogP contribution is 2.23. The van der Waals surface area contributed by atoms with Crippen molar-refractivity contribution >= 4 is 17.6 Å². The minimum atomic E-state index is -0.974. The van der Waals surface area contributed by atoms with Gasteiger partial charge in [0.1, 0.15) is 5.15 Å². The summed E-state index contributed by atoms with van der Waals surface area (Å²) in [7, 11) is 1.27. The standard InChI is InChI=1S/C10H12ClNO3/c1-6-3-4-7(10(11)12-6)8(13)5-9(14)15-2/h3-4,8,13H,5H2,1-2H3. The molecule has 0 fully saturated rings. The molecule has 0 aromatic carbocycles. The van der Waals surface area contributed by atoms with Crippen LogP contribution in [0.5, 0.6) is 0 Å². The van der Waals surface area contributed by atoms with E-state index in [2.05, 4.69) is 9.72 Å². The summed E-state index contributed by atoms with van der Waals surface area (Å²) < 4.78 is 4.44. The van der Waals surface area contributed by atoms with Gasteiger partial charge >= 0.3 is 5.97 Å². The predicted octanol–water partition coefficient (Wildman–Crippen LogP) is 1.64. The number of rotatable bonds is 3. The Kier molecular flexibility index (Phi) is 4.05. The summed E-state index contributed by atoms with van der Waals surface area (Å²) in [6.07, 6.45) is -1.10. The number of aliphatic hydroxyl groups is 1. The summed E-state index contributed by atoms with van der Waals surface area (Å²) in [5, 5.41) is 9.88. The van der Waals surface area contributed by atoms with Crippen LogP contribution in [0.4, 0.5) is 0 Å². The first kappa shape index (κ1) is 11.9. The highest BCUT2D eigenvalue weighted by atomic mass is 35.5. The third-order valence-electron chi connectivity index (χ3n) is 1.96. The lowest BCUT2D eigenvalue weighted by Crippen LogP contribution is -2.09. The van der Waals surface area contributed by atoms with E-state index in [1.54, 1.807) is 19.1 Å². The van der Waals surface area contributed by atoms with E-state index in [1.807, 2.05) is 0 Å². The number of aliphatic hydroxyl groups excluding tert-OH is 1. The van der Waals surface area contributed by atoms with Crippen LogP contribution in [-0.2, 0) is 9.53 Å². The van der Waals surface area contributed by atoms with Crippen molar-refractivity contribution in [3.63, 3.8) is 0 Å². The molecule has 0 spiro atoms. The van der Waals surface area contributed by atoms with E-state index in [4.69, 9.17) is 11.6 Å². The predicted molar refractivity (Wildman–Crippen MR) is 55.6 cm³/mol. The van der Waals surface area contributed by atoms with Crippen molar-refractivity contribution in [2.24, 2.45) is 0 Å². The van der Waals surface area contributed by atoms with E-state index in [1.165, 1.54) is 7.11 Å². The Balaban J connectivity index is 2.82. The molecule has 0 radical (unpaired) electrons. The normalized spacial score (nSPS) is 12.3. The molecule has 1 rings (SSSR count). The Labute approximate surface area is 92.8 Å². The molecule has 0 aliphatic carbocycles. The van der Waals surface area contributed by atoms with E-state index < -0.39 is 12.1 Å². The van der Waals surface area contributed by atoms with Gasteiger partial charge in [0.05, 0.1) is 19.6 Å². The first-order valence-electron chi connectivity index (χ1n) is 4.42. The second-order valence-electron chi connectivity index (χ2n) is 3.13. The summed E-state index contributed by atoms with van der Waals surface area (Å²) in [6.45, 7) is 1.79. The zero-order valence-corrected chi connectivity index (χ0v) is 9.28. The number of ether oxygens (including phenoxy) is 1. The molecule has 4 nitrogen and oxygen atoms in total. The van der Waals surface area contributed by atoms with Crippen LogP contribution in [0.1, 0.15) is 23.8 Å². The largest absolute Gasteiger partial charge is 0.469 e. The molecule has 0 saturated heterocycles. The highest BCUT2D eigenvalue weighted by molar-refractivity contribution is 6.30. The molecule has 0 aliphatic heterocycles. The van der Waals surface area contributed by atoms with Crippen molar-refractivity contribution in [3.8, 4) is 0 Å². The SMILES string of the molecule is COC(=O)CC(O)c1ccc(C)nc1Cl. The number of halogens is 1. The second kappa shape index (κ2) is 5.09. The second-order valence-corrected chi connectivity index (χ2v) is 3.49. The van der Waals surface area contributed by atoms with E-state index >= 15 is 0 Å². The molecule has 1 heterocycles. The summed E-state index contributed by atoms with van der Waals surface area (Å²) >= 11 is 5.83. The van der Waals surface area contributed by atoms with Crippen molar-refractivity contribution in [2.45, 2.75) is 19.4 Å². The molecule has 0 bridgehead atoms. The van der Waals surface area contributed by atoms with Crippen LogP contribution in [0.3, 0.4) is 0 Å². The van der Waals surface area contributed by atoms with Gasteiger partial charge in [0.25, 0.3) is 0 Å². The molecule has 0 saturated carbocycles. The average Bonchev–Trinajstić information content (AvgIpc) is 2.17. The van der Waals surface area contributed by atoms with E-state index in [0.717, 1.165) is 5.69 Å². The van der Waals surface area contributed by atoms with Crippen LogP contribution >= 0.6 is 11.6 Å². The number of aryl methyl sites for hydroxylation is 1. The van der Waals surface area contributed by atoms with Crippen molar-refractivity contribution < 1.29 is 14.6 Å². The summed E-state index contributed by atoms with van der Waals surface area (Å²) in [5.74, 6) is -0.487. The van der Waals surface area contributed by atoms with Gasteiger partial charge in [-0.25, -0.2) is 4.98 Å². The Morgan fingerprint density at radius 2 is 2.33 bits per heavy atom. The van der Waals surface area contributed by atoms with E-state index in [9.17, 15) is 9.90 Å². The molecule has 1 atom stereocenters. The molecule has 0 aliphatic rings. The minimum Gasteiger partial charge on any atom is -0.469 e. The van der Waals surface area contributed by atoms with Crippen LogP contribution in [-0.4, -0.2) is 23.2 Å². The van der Waals surface area contributed by atoms with Crippen molar-refractivity contribution in [1.29, 1.82) is 0 Å². The molecule has 1 unspecified atom stereocenters. The molecular formula is C10H12ClNO3. The minimum absolute atomic E-state index is 0.124. The molecule has 5 heteroatoms. The Bertz CT molecular complexity index is 368. The van der Waals surface area contributed by atoms with Gasteiger partial charge in [0.15, 0.2) is 0 Å². The quantitative estimate of drug-likeness (QED) is 0.632. The molecule has 0 amide bonds. The molecule has 1 N–H and O–H groups in total.